The van der Waals surface area contributed by atoms with Crippen molar-refractivity contribution in [2.24, 2.45) is 0 Å². The molecule has 0 saturated carbocycles. The van der Waals surface area contributed by atoms with Crippen LogP contribution in [0.25, 0.3) is 0 Å². The van der Waals surface area contributed by atoms with Crippen LogP contribution in [0.2, 0.25) is 0 Å². The molecule has 0 aliphatic heterocycles. The Kier molecular flexibility index (Phi) is 5.88. The summed E-state index contributed by atoms with van der Waals surface area (Å²) in [6, 6.07) is 0. The van der Waals surface area contributed by atoms with Crippen molar-refractivity contribution in [1.29, 1.82) is 0 Å². The Hall–Kier alpha value is -1.10. The molecule has 0 aromatic heterocycles. The number of hydrazine groups is 1. The number of hydroxylamine groups is 1. The maximum Gasteiger partial charge on any atom is 0.263 e. The molecule has 2 amide bonds. The van der Waals surface area contributed by atoms with Gasteiger partial charge in [-0.05, 0) is 6.42 Å². The SMILES string of the molecule is CCCCCC(=O)NN(O)C(C)=O. The van der Waals surface area contributed by atoms with Crippen LogP contribution < -0.4 is 5.43 Å². The third-order valence-electron chi connectivity index (χ3n) is 1.54. The summed E-state index contributed by atoms with van der Waals surface area (Å²) < 4.78 is 0. The van der Waals surface area contributed by atoms with Crippen LogP contribution in [0.4, 0.5) is 0 Å². The van der Waals surface area contributed by atoms with Gasteiger partial charge in [0.25, 0.3) is 5.91 Å². The number of unbranched alkanes of at least 4 members (excludes halogenated alkanes) is 2. The summed E-state index contributed by atoms with van der Waals surface area (Å²) in [5.41, 5.74) is 2.04. The van der Waals surface area contributed by atoms with E-state index in [1.54, 1.807) is 0 Å². The van der Waals surface area contributed by atoms with E-state index in [2.05, 4.69) is 0 Å². The van der Waals surface area contributed by atoms with Crippen molar-refractivity contribution in [2.75, 3.05) is 0 Å². The molecule has 5 heteroatoms. The molecule has 0 bridgehead atoms. The van der Waals surface area contributed by atoms with Crippen LogP contribution in [-0.4, -0.2) is 22.2 Å². The maximum atomic E-state index is 11.0. The zero-order chi connectivity index (χ0) is 10.3. The van der Waals surface area contributed by atoms with E-state index in [-0.39, 0.29) is 11.1 Å². The molecule has 0 aliphatic carbocycles. The van der Waals surface area contributed by atoms with Crippen LogP contribution in [-0.2, 0) is 9.59 Å². The summed E-state index contributed by atoms with van der Waals surface area (Å²) >= 11 is 0. The van der Waals surface area contributed by atoms with Crippen molar-refractivity contribution < 1.29 is 14.8 Å². The lowest BCUT2D eigenvalue weighted by atomic mass is 10.2. The molecular weight excluding hydrogens is 172 g/mol. The first kappa shape index (κ1) is 11.9. The smallest absolute Gasteiger partial charge is 0.263 e. The number of rotatable bonds is 4. The fraction of sp³-hybridized carbons (Fsp3) is 0.750. The zero-order valence-electron chi connectivity index (χ0n) is 8.04. The van der Waals surface area contributed by atoms with Gasteiger partial charge in [0.1, 0.15) is 0 Å². The molecule has 5 nitrogen and oxygen atoms in total. The van der Waals surface area contributed by atoms with Crippen molar-refractivity contribution in [3.8, 4) is 0 Å². The van der Waals surface area contributed by atoms with E-state index in [0.29, 0.717) is 6.42 Å². The number of carbonyl (C=O) groups is 2. The molecule has 0 fully saturated rings. The van der Waals surface area contributed by atoms with E-state index < -0.39 is 5.91 Å². The molecule has 0 aromatic rings. The van der Waals surface area contributed by atoms with Crippen LogP contribution in [0, 0.1) is 0 Å². The first-order valence-corrected chi connectivity index (χ1v) is 4.37. The highest BCUT2D eigenvalue weighted by Crippen LogP contribution is 1.98. The van der Waals surface area contributed by atoms with Gasteiger partial charge in [0, 0.05) is 13.3 Å². The maximum absolute atomic E-state index is 11.0. The lowest BCUT2D eigenvalue weighted by Gasteiger charge is -2.12. The van der Waals surface area contributed by atoms with E-state index in [9.17, 15) is 9.59 Å². The minimum Gasteiger partial charge on any atom is -0.273 e. The number of hydrogen-bond acceptors (Lipinski definition) is 3. The molecule has 0 rings (SSSR count). The first-order valence-electron chi connectivity index (χ1n) is 4.37. The third-order valence-corrected chi connectivity index (χ3v) is 1.54. The Labute approximate surface area is 77.6 Å². The molecule has 0 unspecified atom stereocenters. The van der Waals surface area contributed by atoms with Gasteiger partial charge in [-0.15, -0.1) is 5.17 Å². The van der Waals surface area contributed by atoms with E-state index in [0.717, 1.165) is 26.2 Å². The number of hydrogen-bond donors (Lipinski definition) is 2. The van der Waals surface area contributed by atoms with Crippen LogP contribution >= 0.6 is 0 Å². The van der Waals surface area contributed by atoms with Gasteiger partial charge < -0.3 is 0 Å². The van der Waals surface area contributed by atoms with Crippen LogP contribution in [0.5, 0.6) is 0 Å². The Morgan fingerprint density at radius 1 is 1.38 bits per heavy atom. The van der Waals surface area contributed by atoms with Gasteiger partial charge in [-0.3, -0.25) is 14.8 Å². The van der Waals surface area contributed by atoms with Crippen LogP contribution in [0.15, 0.2) is 0 Å². The Balaban J connectivity index is 3.56. The molecule has 13 heavy (non-hydrogen) atoms. The highest BCUT2D eigenvalue weighted by atomic mass is 16.6. The summed E-state index contributed by atoms with van der Waals surface area (Å²) in [6.07, 6.45) is 3.11. The standard InChI is InChI=1S/C8H16N2O3/c1-3-4-5-6-8(12)9-10(13)7(2)11/h13H,3-6H2,1-2H3,(H,9,12). The van der Waals surface area contributed by atoms with Crippen molar-refractivity contribution >= 4 is 11.8 Å². The van der Waals surface area contributed by atoms with Crippen LogP contribution in [0.3, 0.4) is 0 Å². The monoisotopic (exact) mass is 188 g/mol. The number of nitrogens with zero attached hydrogens (tertiary/aromatic N) is 1. The van der Waals surface area contributed by atoms with Gasteiger partial charge in [-0.2, -0.15) is 0 Å². The van der Waals surface area contributed by atoms with Crippen LogP contribution in [0.1, 0.15) is 39.5 Å². The van der Waals surface area contributed by atoms with Crippen molar-refractivity contribution in [3.05, 3.63) is 0 Å². The lowest BCUT2D eigenvalue weighted by molar-refractivity contribution is -0.181. The van der Waals surface area contributed by atoms with Crippen molar-refractivity contribution in [2.45, 2.75) is 39.5 Å². The molecule has 0 saturated heterocycles. The zero-order valence-corrected chi connectivity index (χ0v) is 8.04. The highest BCUT2D eigenvalue weighted by Gasteiger charge is 2.07. The van der Waals surface area contributed by atoms with Gasteiger partial charge in [-0.25, -0.2) is 5.43 Å². The van der Waals surface area contributed by atoms with E-state index in [1.807, 2.05) is 12.3 Å². The topological polar surface area (TPSA) is 69.6 Å². The second-order valence-corrected chi connectivity index (χ2v) is 2.82. The fourth-order valence-electron chi connectivity index (χ4n) is 0.788. The quantitative estimate of drug-likeness (QED) is 0.390. The minimum atomic E-state index is -0.608. The second kappa shape index (κ2) is 6.42. The fourth-order valence-corrected chi connectivity index (χ4v) is 0.788. The Morgan fingerprint density at radius 3 is 2.46 bits per heavy atom. The number of amides is 2. The van der Waals surface area contributed by atoms with E-state index in [4.69, 9.17) is 5.21 Å². The van der Waals surface area contributed by atoms with E-state index in [1.165, 1.54) is 0 Å². The molecule has 0 heterocycles. The predicted octanol–water partition coefficient (Wildman–Crippen LogP) is 0.836. The first-order chi connectivity index (χ1) is 6.07. The van der Waals surface area contributed by atoms with Crippen molar-refractivity contribution in [1.82, 2.24) is 10.6 Å². The third kappa shape index (κ3) is 6.10. The van der Waals surface area contributed by atoms with Gasteiger partial charge >= 0.3 is 0 Å². The molecule has 0 aliphatic rings. The normalized spacial score (nSPS) is 9.46. The molecule has 0 spiro atoms. The van der Waals surface area contributed by atoms with E-state index >= 15 is 0 Å². The Morgan fingerprint density at radius 2 is 2.00 bits per heavy atom. The average molecular weight is 188 g/mol. The summed E-state index contributed by atoms with van der Waals surface area (Å²) in [4.78, 5) is 21.4. The molecule has 0 radical (unpaired) electrons. The molecule has 0 atom stereocenters. The van der Waals surface area contributed by atoms with Gasteiger partial charge in [0.2, 0.25) is 5.91 Å². The van der Waals surface area contributed by atoms with Gasteiger partial charge in [-0.1, -0.05) is 19.8 Å². The summed E-state index contributed by atoms with van der Waals surface area (Å²) in [7, 11) is 0. The summed E-state index contributed by atoms with van der Waals surface area (Å²) in [5.74, 6) is -0.949. The molecule has 2 N–H and O–H groups in total. The summed E-state index contributed by atoms with van der Waals surface area (Å²) in [5, 5.41) is 9.01. The number of nitrogens with one attached hydrogen (secondary N) is 1. The largest absolute Gasteiger partial charge is 0.273 e. The Bertz CT molecular complexity index is 182. The van der Waals surface area contributed by atoms with Crippen molar-refractivity contribution in [3.63, 3.8) is 0 Å². The molecular formula is C8H16N2O3. The van der Waals surface area contributed by atoms with Gasteiger partial charge in [0.05, 0.1) is 0 Å². The average Bonchev–Trinajstić information content (AvgIpc) is 2.04. The number of carbonyl (C=O) groups excluding carboxylic acids is 2. The lowest BCUT2D eigenvalue weighted by Crippen LogP contribution is -2.42. The second-order valence-electron chi connectivity index (χ2n) is 2.82. The molecule has 0 aromatic carbocycles. The molecule has 76 valence electrons. The predicted molar refractivity (Wildman–Crippen MR) is 46.6 cm³/mol. The summed E-state index contributed by atoms with van der Waals surface area (Å²) in [6.45, 7) is 3.19. The minimum absolute atomic E-state index is 0.203. The highest BCUT2D eigenvalue weighted by molar-refractivity contribution is 5.79. The van der Waals surface area contributed by atoms with Gasteiger partial charge in [0.15, 0.2) is 0 Å².